The fourth-order valence-electron chi connectivity index (χ4n) is 5.34. The number of amides is 1. The zero-order valence-corrected chi connectivity index (χ0v) is 19.8. The minimum Gasteiger partial charge on any atom is -0.465 e. The van der Waals surface area contributed by atoms with Crippen molar-refractivity contribution in [2.75, 3.05) is 6.61 Å². The van der Waals surface area contributed by atoms with Crippen LogP contribution < -0.4 is 0 Å². The number of hydrogen-bond donors (Lipinski definition) is 1. The molecule has 3 heterocycles. The van der Waals surface area contributed by atoms with E-state index >= 15 is 0 Å². The molecule has 33 heavy (non-hydrogen) atoms. The summed E-state index contributed by atoms with van der Waals surface area (Å²) in [5.41, 5.74) is 1.51. The van der Waals surface area contributed by atoms with Crippen LogP contribution in [0.1, 0.15) is 63.0 Å². The first kappa shape index (κ1) is 23.6. The average molecular weight is 463 g/mol. The number of hydrogen-bond acceptors (Lipinski definition) is 4. The summed E-state index contributed by atoms with van der Waals surface area (Å²) in [7, 11) is 0. The van der Waals surface area contributed by atoms with Crippen LogP contribution in [0.5, 0.6) is 0 Å². The van der Waals surface area contributed by atoms with Crippen molar-refractivity contribution in [3.63, 3.8) is 0 Å². The van der Waals surface area contributed by atoms with Gasteiger partial charge in [-0.2, -0.15) is 0 Å². The molecule has 1 aromatic carbocycles. The number of nitrogens with zero attached hydrogens (tertiary/aromatic N) is 4. The molecule has 2 aliphatic heterocycles. The van der Waals surface area contributed by atoms with E-state index in [9.17, 15) is 18.7 Å². The second-order valence-electron chi connectivity index (χ2n) is 9.90. The van der Waals surface area contributed by atoms with Gasteiger partial charge in [0, 0.05) is 36.8 Å². The van der Waals surface area contributed by atoms with Gasteiger partial charge in [-0.15, -0.1) is 0 Å². The summed E-state index contributed by atoms with van der Waals surface area (Å²) in [4.78, 5) is 20.6. The Labute approximate surface area is 193 Å². The SMILES string of the molecule is CCn1c(C)nc2c1CN([C@H]1CO[C@H](c3cc(F)ccc3F)[C@@H](N(C(=O)O)C(C)(C)C)C1)C2. The Hall–Kier alpha value is -2.52. The van der Waals surface area contributed by atoms with Crippen LogP contribution in [-0.2, 0) is 24.4 Å². The maximum Gasteiger partial charge on any atom is 0.408 e. The first-order chi connectivity index (χ1) is 15.5. The molecule has 1 saturated heterocycles. The number of rotatable bonds is 4. The molecule has 0 aliphatic carbocycles. The summed E-state index contributed by atoms with van der Waals surface area (Å²) in [6, 6.07) is 2.47. The van der Waals surface area contributed by atoms with Gasteiger partial charge in [-0.25, -0.2) is 18.6 Å². The van der Waals surface area contributed by atoms with Crippen LogP contribution in [0.3, 0.4) is 0 Å². The van der Waals surface area contributed by atoms with E-state index in [0.717, 1.165) is 36.3 Å². The van der Waals surface area contributed by atoms with Crippen molar-refractivity contribution in [1.82, 2.24) is 19.4 Å². The van der Waals surface area contributed by atoms with E-state index in [2.05, 4.69) is 16.4 Å². The molecule has 1 aromatic heterocycles. The smallest absolute Gasteiger partial charge is 0.408 e. The molecule has 3 atom stereocenters. The summed E-state index contributed by atoms with van der Waals surface area (Å²) in [5, 5.41) is 10.1. The molecule has 0 radical (unpaired) electrons. The molecule has 0 bridgehead atoms. The van der Waals surface area contributed by atoms with E-state index in [1.54, 1.807) is 20.8 Å². The largest absolute Gasteiger partial charge is 0.465 e. The number of imidazole rings is 1. The van der Waals surface area contributed by atoms with Crippen molar-refractivity contribution in [1.29, 1.82) is 0 Å². The van der Waals surface area contributed by atoms with E-state index in [0.29, 0.717) is 26.1 Å². The lowest BCUT2D eigenvalue weighted by Crippen LogP contribution is -2.58. The number of carbonyl (C=O) groups is 1. The second-order valence-corrected chi connectivity index (χ2v) is 9.90. The van der Waals surface area contributed by atoms with Crippen molar-refractivity contribution >= 4 is 6.09 Å². The fraction of sp³-hybridized carbons (Fsp3) is 0.583. The third-order valence-electron chi connectivity index (χ3n) is 6.74. The monoisotopic (exact) mass is 462 g/mol. The lowest BCUT2D eigenvalue weighted by Gasteiger charge is -2.48. The summed E-state index contributed by atoms with van der Waals surface area (Å²) in [6.07, 6.45) is -1.57. The van der Waals surface area contributed by atoms with Crippen LogP contribution in [0.4, 0.5) is 13.6 Å². The van der Waals surface area contributed by atoms with Crippen molar-refractivity contribution in [3.8, 4) is 0 Å². The van der Waals surface area contributed by atoms with E-state index in [1.807, 2.05) is 6.92 Å². The van der Waals surface area contributed by atoms with E-state index in [4.69, 9.17) is 9.72 Å². The molecule has 9 heteroatoms. The van der Waals surface area contributed by atoms with Crippen LogP contribution in [0.2, 0.25) is 0 Å². The van der Waals surface area contributed by atoms with Crippen LogP contribution in [0.15, 0.2) is 18.2 Å². The normalized spacial score (nSPS) is 23.5. The molecule has 0 unspecified atom stereocenters. The highest BCUT2D eigenvalue weighted by molar-refractivity contribution is 5.66. The number of carboxylic acid groups (broad SMARTS) is 1. The van der Waals surface area contributed by atoms with Gasteiger partial charge >= 0.3 is 6.09 Å². The molecule has 1 fully saturated rings. The minimum absolute atomic E-state index is 0.0494. The number of ether oxygens (including phenoxy) is 1. The van der Waals surface area contributed by atoms with Crippen molar-refractivity contribution in [3.05, 3.63) is 52.6 Å². The van der Waals surface area contributed by atoms with Crippen molar-refractivity contribution < 1.29 is 23.4 Å². The zero-order valence-electron chi connectivity index (χ0n) is 19.8. The van der Waals surface area contributed by atoms with Gasteiger partial charge in [0.25, 0.3) is 0 Å². The average Bonchev–Trinajstić information content (AvgIpc) is 3.25. The Morgan fingerprint density at radius 1 is 1.30 bits per heavy atom. The van der Waals surface area contributed by atoms with Gasteiger partial charge in [0.15, 0.2) is 0 Å². The van der Waals surface area contributed by atoms with Gasteiger partial charge in [0.2, 0.25) is 0 Å². The highest BCUT2D eigenvalue weighted by Crippen LogP contribution is 2.39. The zero-order chi connectivity index (χ0) is 24.1. The van der Waals surface area contributed by atoms with Crippen LogP contribution in [-0.4, -0.2) is 54.8 Å². The van der Waals surface area contributed by atoms with E-state index in [-0.39, 0.29) is 11.6 Å². The first-order valence-corrected chi connectivity index (χ1v) is 11.4. The van der Waals surface area contributed by atoms with Crippen LogP contribution in [0.25, 0.3) is 0 Å². The Balaban J connectivity index is 1.65. The molecule has 0 spiro atoms. The molecular formula is C24H32F2N4O3. The summed E-state index contributed by atoms with van der Waals surface area (Å²) >= 11 is 0. The maximum absolute atomic E-state index is 14.7. The van der Waals surface area contributed by atoms with Crippen molar-refractivity contribution in [2.24, 2.45) is 0 Å². The third kappa shape index (κ3) is 4.36. The Kier molecular flexibility index (Phi) is 6.22. The topological polar surface area (TPSA) is 70.8 Å². The molecule has 180 valence electrons. The molecule has 4 rings (SSSR count). The molecule has 0 saturated carbocycles. The van der Waals surface area contributed by atoms with Gasteiger partial charge in [-0.1, -0.05) is 0 Å². The van der Waals surface area contributed by atoms with Gasteiger partial charge < -0.3 is 14.4 Å². The number of aromatic nitrogens is 2. The number of benzene rings is 1. The van der Waals surface area contributed by atoms with Crippen LogP contribution >= 0.6 is 0 Å². The van der Waals surface area contributed by atoms with Gasteiger partial charge in [-0.05, 0) is 59.2 Å². The minimum atomic E-state index is -1.11. The van der Waals surface area contributed by atoms with E-state index < -0.39 is 35.4 Å². The second kappa shape index (κ2) is 8.68. The molecule has 7 nitrogen and oxygen atoms in total. The quantitative estimate of drug-likeness (QED) is 0.725. The Bertz CT molecular complexity index is 1050. The van der Waals surface area contributed by atoms with Gasteiger partial charge in [0.05, 0.1) is 24.0 Å². The number of fused-ring (bicyclic) bond motifs is 1. The summed E-state index contributed by atoms with van der Waals surface area (Å²) < 4.78 is 37.0. The molecule has 2 aromatic rings. The van der Waals surface area contributed by atoms with Crippen LogP contribution in [0, 0.1) is 18.6 Å². The third-order valence-corrected chi connectivity index (χ3v) is 6.74. The lowest BCUT2D eigenvalue weighted by atomic mass is 9.88. The summed E-state index contributed by atoms with van der Waals surface area (Å²) in [6.45, 7) is 12.0. The Morgan fingerprint density at radius 3 is 2.67 bits per heavy atom. The predicted octanol–water partition coefficient (Wildman–Crippen LogP) is 4.48. The highest BCUT2D eigenvalue weighted by Gasteiger charge is 2.45. The summed E-state index contributed by atoms with van der Waals surface area (Å²) in [5.74, 6) is -0.192. The Morgan fingerprint density at radius 2 is 2.03 bits per heavy atom. The molecule has 1 amide bonds. The van der Waals surface area contributed by atoms with E-state index in [1.165, 1.54) is 10.6 Å². The maximum atomic E-state index is 14.7. The number of aryl methyl sites for hydroxylation is 1. The number of halogens is 2. The molecule has 2 aliphatic rings. The fourth-order valence-corrected chi connectivity index (χ4v) is 5.34. The first-order valence-electron chi connectivity index (χ1n) is 11.4. The molecule has 1 N–H and O–H groups in total. The van der Waals surface area contributed by atoms with Gasteiger partial charge in [-0.3, -0.25) is 9.80 Å². The molecular weight excluding hydrogens is 430 g/mol. The standard InChI is InChI=1S/C24H32F2N4O3/c1-6-29-14(2)27-19-11-28(12-21(19)29)16-10-20(30(23(31)32)24(3,4)5)22(33-13-16)17-9-15(25)7-8-18(17)26/h7-9,16,20,22H,6,10-13H2,1-5H3,(H,31,32)/t16-,20+,22-/m1/s1. The van der Waals surface area contributed by atoms with Crippen molar-refractivity contribution in [2.45, 2.75) is 84.4 Å². The lowest BCUT2D eigenvalue weighted by molar-refractivity contribution is -0.103. The van der Waals surface area contributed by atoms with Gasteiger partial charge in [0.1, 0.15) is 23.6 Å². The predicted molar refractivity (Wildman–Crippen MR) is 119 cm³/mol. The highest BCUT2D eigenvalue weighted by atomic mass is 19.1.